The van der Waals surface area contributed by atoms with E-state index in [2.05, 4.69) is 5.32 Å². The molecule has 0 bridgehead atoms. The summed E-state index contributed by atoms with van der Waals surface area (Å²) in [6, 6.07) is 3.47. The van der Waals surface area contributed by atoms with Crippen molar-refractivity contribution < 1.29 is 14.3 Å². The lowest BCUT2D eigenvalue weighted by Gasteiger charge is -2.15. The van der Waals surface area contributed by atoms with E-state index in [9.17, 15) is 4.79 Å². The van der Waals surface area contributed by atoms with Crippen LogP contribution in [0.1, 0.15) is 18.4 Å². The van der Waals surface area contributed by atoms with Crippen LogP contribution in [0.25, 0.3) is 0 Å². The highest BCUT2D eigenvalue weighted by molar-refractivity contribution is 6.31. The fourth-order valence-corrected chi connectivity index (χ4v) is 2.37. The van der Waals surface area contributed by atoms with Gasteiger partial charge in [0, 0.05) is 17.6 Å². The Hall–Kier alpha value is -1.30. The quantitative estimate of drug-likeness (QED) is 0.893. The summed E-state index contributed by atoms with van der Waals surface area (Å²) in [5.41, 5.74) is 7.01. The maximum atomic E-state index is 12.2. The van der Waals surface area contributed by atoms with Gasteiger partial charge in [0.2, 0.25) is 0 Å². The van der Waals surface area contributed by atoms with E-state index in [4.69, 9.17) is 26.8 Å². The molecule has 2 atom stereocenters. The molecule has 1 amide bonds. The van der Waals surface area contributed by atoms with Crippen molar-refractivity contribution in [1.29, 1.82) is 0 Å². The number of carbonyl (C=O) groups is 1. The predicted molar refractivity (Wildman–Crippen MR) is 78.3 cm³/mol. The van der Waals surface area contributed by atoms with Gasteiger partial charge in [-0.2, -0.15) is 0 Å². The molecule has 1 aliphatic heterocycles. The number of benzene rings is 1. The van der Waals surface area contributed by atoms with Crippen LogP contribution in [0.15, 0.2) is 12.1 Å². The Morgan fingerprint density at radius 3 is 2.90 bits per heavy atom. The summed E-state index contributed by atoms with van der Waals surface area (Å²) in [6.07, 6.45) is 1.01. The second-order valence-electron chi connectivity index (χ2n) is 4.85. The van der Waals surface area contributed by atoms with Crippen molar-refractivity contribution in [3.05, 3.63) is 22.7 Å². The van der Waals surface area contributed by atoms with Crippen LogP contribution < -0.4 is 15.8 Å². The van der Waals surface area contributed by atoms with E-state index in [1.165, 1.54) is 7.11 Å². The molecule has 0 spiro atoms. The first-order chi connectivity index (χ1) is 9.55. The topological polar surface area (TPSA) is 73.6 Å². The van der Waals surface area contributed by atoms with Gasteiger partial charge in [-0.25, -0.2) is 0 Å². The molecule has 0 aromatic heterocycles. The van der Waals surface area contributed by atoms with Gasteiger partial charge in [0.1, 0.15) is 11.9 Å². The van der Waals surface area contributed by atoms with Gasteiger partial charge in [0.15, 0.2) is 0 Å². The molecule has 2 rings (SSSR count). The van der Waals surface area contributed by atoms with Gasteiger partial charge in [-0.3, -0.25) is 4.79 Å². The zero-order valence-electron chi connectivity index (χ0n) is 11.6. The monoisotopic (exact) mass is 298 g/mol. The molecule has 0 radical (unpaired) electrons. The number of nitrogens with two attached hydrogens (primary N) is 1. The number of aryl methyl sites for hydroxylation is 1. The summed E-state index contributed by atoms with van der Waals surface area (Å²) >= 11 is 6.03. The van der Waals surface area contributed by atoms with Gasteiger partial charge in [-0.15, -0.1) is 0 Å². The van der Waals surface area contributed by atoms with Crippen LogP contribution in [-0.4, -0.2) is 31.8 Å². The number of nitrogens with one attached hydrogen (secondary N) is 1. The Balaban J connectivity index is 2.10. The van der Waals surface area contributed by atoms with Crippen LogP contribution in [0.5, 0.6) is 5.75 Å². The molecule has 1 fully saturated rings. The summed E-state index contributed by atoms with van der Waals surface area (Å²) in [7, 11) is 1.53. The lowest BCUT2D eigenvalue weighted by atomic mass is 10.1. The normalized spacial score (nSPS) is 21.8. The minimum absolute atomic E-state index is 0.0281. The van der Waals surface area contributed by atoms with Crippen LogP contribution in [0.4, 0.5) is 5.69 Å². The highest BCUT2D eigenvalue weighted by atomic mass is 35.5. The average Bonchev–Trinajstić information content (AvgIpc) is 2.91. The van der Waals surface area contributed by atoms with E-state index in [0.717, 1.165) is 12.0 Å². The molecule has 1 heterocycles. The standard InChI is InChI=1S/C14H19ClN2O3/c1-8-5-11(13(19-2)6-10(8)15)17-14(18)12-4-3-9(7-16)20-12/h5-6,9,12H,3-4,7,16H2,1-2H3,(H,17,18)/t9-,12+/m1/s1. The SMILES string of the molecule is COc1cc(Cl)c(C)cc1NC(=O)[C@@H]1CC[C@H](CN)O1. The molecule has 0 saturated carbocycles. The van der Waals surface area contributed by atoms with Crippen molar-refractivity contribution in [2.24, 2.45) is 5.73 Å². The van der Waals surface area contributed by atoms with E-state index in [1.807, 2.05) is 6.92 Å². The summed E-state index contributed by atoms with van der Waals surface area (Å²) in [6.45, 7) is 2.31. The van der Waals surface area contributed by atoms with Gasteiger partial charge < -0.3 is 20.5 Å². The fraction of sp³-hybridized carbons (Fsp3) is 0.500. The molecule has 1 aromatic rings. The number of rotatable bonds is 4. The Bertz CT molecular complexity index is 507. The van der Waals surface area contributed by atoms with Crippen LogP contribution in [0, 0.1) is 6.92 Å². The maximum absolute atomic E-state index is 12.2. The van der Waals surface area contributed by atoms with Crippen molar-refractivity contribution in [2.45, 2.75) is 32.0 Å². The second-order valence-corrected chi connectivity index (χ2v) is 5.26. The van der Waals surface area contributed by atoms with Crippen LogP contribution in [-0.2, 0) is 9.53 Å². The summed E-state index contributed by atoms with van der Waals surface area (Å²) in [5.74, 6) is 0.350. The summed E-state index contributed by atoms with van der Waals surface area (Å²) < 4.78 is 10.8. The number of hydrogen-bond acceptors (Lipinski definition) is 4. The smallest absolute Gasteiger partial charge is 0.253 e. The third-order valence-corrected chi connectivity index (χ3v) is 3.81. The molecule has 0 unspecified atom stereocenters. The molecule has 110 valence electrons. The number of anilines is 1. The Morgan fingerprint density at radius 1 is 1.55 bits per heavy atom. The number of hydrogen-bond donors (Lipinski definition) is 2. The highest BCUT2D eigenvalue weighted by Crippen LogP contribution is 2.31. The van der Waals surface area contributed by atoms with Crippen LogP contribution >= 0.6 is 11.6 Å². The number of halogens is 1. The Labute approximate surface area is 123 Å². The largest absolute Gasteiger partial charge is 0.495 e. The average molecular weight is 299 g/mol. The van der Waals surface area contributed by atoms with E-state index in [1.54, 1.807) is 12.1 Å². The molecule has 5 nitrogen and oxygen atoms in total. The molecule has 0 aliphatic carbocycles. The van der Waals surface area contributed by atoms with Crippen molar-refractivity contribution in [3.63, 3.8) is 0 Å². The molecule has 1 aromatic carbocycles. The van der Waals surface area contributed by atoms with Crippen molar-refractivity contribution >= 4 is 23.2 Å². The first-order valence-corrected chi connectivity index (χ1v) is 6.93. The molecule has 6 heteroatoms. The number of amides is 1. The van der Waals surface area contributed by atoms with Crippen molar-refractivity contribution in [3.8, 4) is 5.75 Å². The van der Waals surface area contributed by atoms with Crippen LogP contribution in [0.3, 0.4) is 0 Å². The third-order valence-electron chi connectivity index (χ3n) is 3.40. The minimum atomic E-state index is -0.454. The summed E-state index contributed by atoms with van der Waals surface area (Å²) in [4.78, 5) is 12.2. The molecule has 1 aliphatic rings. The molecule has 20 heavy (non-hydrogen) atoms. The van der Waals surface area contributed by atoms with Gasteiger partial charge in [-0.05, 0) is 31.4 Å². The first kappa shape index (κ1) is 15.1. The van der Waals surface area contributed by atoms with Gasteiger partial charge in [0.05, 0.1) is 18.9 Å². The number of methoxy groups -OCH3 is 1. The second kappa shape index (κ2) is 6.43. The molecule has 3 N–H and O–H groups in total. The lowest BCUT2D eigenvalue weighted by Crippen LogP contribution is -2.30. The Kier molecular flexibility index (Phi) is 4.86. The zero-order chi connectivity index (χ0) is 14.7. The van der Waals surface area contributed by atoms with E-state index >= 15 is 0 Å². The molecular formula is C14H19ClN2O3. The first-order valence-electron chi connectivity index (χ1n) is 6.55. The predicted octanol–water partition coefficient (Wildman–Crippen LogP) is 2.10. The van der Waals surface area contributed by atoms with Gasteiger partial charge >= 0.3 is 0 Å². The molecular weight excluding hydrogens is 280 g/mol. The van der Waals surface area contributed by atoms with Crippen molar-refractivity contribution in [1.82, 2.24) is 0 Å². The minimum Gasteiger partial charge on any atom is -0.495 e. The maximum Gasteiger partial charge on any atom is 0.253 e. The van der Waals surface area contributed by atoms with Crippen LogP contribution in [0.2, 0.25) is 5.02 Å². The van der Waals surface area contributed by atoms with Crippen molar-refractivity contribution in [2.75, 3.05) is 19.0 Å². The van der Waals surface area contributed by atoms with Gasteiger partial charge in [0.25, 0.3) is 5.91 Å². The zero-order valence-corrected chi connectivity index (χ0v) is 12.4. The Morgan fingerprint density at radius 2 is 2.30 bits per heavy atom. The fourth-order valence-electron chi connectivity index (χ4n) is 2.22. The number of carbonyl (C=O) groups excluding carboxylic acids is 1. The van der Waals surface area contributed by atoms with E-state index < -0.39 is 6.10 Å². The van der Waals surface area contributed by atoms with Gasteiger partial charge in [-0.1, -0.05) is 11.6 Å². The number of ether oxygens (including phenoxy) is 2. The third kappa shape index (κ3) is 3.23. The van der Waals surface area contributed by atoms with E-state index in [0.29, 0.717) is 29.4 Å². The lowest BCUT2D eigenvalue weighted by molar-refractivity contribution is -0.126. The highest BCUT2D eigenvalue weighted by Gasteiger charge is 2.30. The molecule has 1 saturated heterocycles. The van der Waals surface area contributed by atoms with E-state index in [-0.39, 0.29) is 12.0 Å². The summed E-state index contributed by atoms with van der Waals surface area (Å²) in [5, 5.41) is 3.43.